The monoisotopic (exact) mass is 388 g/mol. The molecule has 2 atom stereocenters. The first-order valence-electron chi connectivity index (χ1n) is 8.90. The summed E-state index contributed by atoms with van der Waals surface area (Å²) in [5, 5.41) is 15.0. The molecule has 0 N–H and O–H groups in total. The number of nitro benzene ring substituents is 1. The molecule has 1 aliphatic heterocycles. The van der Waals surface area contributed by atoms with Gasteiger partial charge in [-0.2, -0.15) is 0 Å². The zero-order valence-corrected chi connectivity index (χ0v) is 15.7. The van der Waals surface area contributed by atoms with Gasteiger partial charge in [-0.3, -0.25) is 10.1 Å². The molecule has 0 spiro atoms. The molecule has 0 amide bonds. The van der Waals surface area contributed by atoms with Crippen molar-refractivity contribution in [2.75, 3.05) is 6.61 Å². The Hall–Kier alpha value is -3.30. The molecule has 10 nitrogen and oxygen atoms in total. The normalized spacial score (nSPS) is 18.0. The highest BCUT2D eigenvalue weighted by Crippen LogP contribution is 2.39. The number of nitro groups is 1. The van der Waals surface area contributed by atoms with Gasteiger partial charge >= 0.3 is 11.9 Å². The van der Waals surface area contributed by atoms with E-state index in [-0.39, 0.29) is 35.6 Å². The van der Waals surface area contributed by atoms with Crippen LogP contribution in [0.25, 0.3) is 0 Å². The van der Waals surface area contributed by atoms with Crippen molar-refractivity contribution in [1.29, 1.82) is 0 Å². The van der Waals surface area contributed by atoms with Crippen LogP contribution in [0.3, 0.4) is 0 Å². The summed E-state index contributed by atoms with van der Waals surface area (Å²) in [6, 6.07) is 5.07. The fourth-order valence-corrected chi connectivity index (χ4v) is 3.08. The van der Waals surface area contributed by atoms with Crippen molar-refractivity contribution in [2.45, 2.75) is 39.3 Å². The zero-order chi connectivity index (χ0) is 20.4. The maximum atomic E-state index is 12.5. The molecule has 0 radical (unpaired) electrons. The third-order valence-corrected chi connectivity index (χ3v) is 4.51. The molecule has 28 heavy (non-hydrogen) atoms. The number of non-ortho nitro benzene ring substituents is 1. The molecule has 2 unspecified atom stereocenters. The lowest BCUT2D eigenvalue weighted by Crippen LogP contribution is -2.15. The van der Waals surface area contributed by atoms with Crippen molar-refractivity contribution in [2.24, 2.45) is 5.92 Å². The van der Waals surface area contributed by atoms with Crippen molar-refractivity contribution in [3.8, 4) is 0 Å². The Morgan fingerprint density at radius 2 is 1.96 bits per heavy atom. The highest BCUT2D eigenvalue weighted by Gasteiger charge is 2.39. The minimum absolute atomic E-state index is 0.0708. The molecule has 1 aliphatic rings. The number of hydrogen-bond acceptors (Lipinski definition) is 8. The summed E-state index contributed by atoms with van der Waals surface area (Å²) in [7, 11) is 0. The molecule has 148 valence electrons. The fraction of sp³-hybridized carbons (Fsp3) is 0.444. The number of nitrogens with zero attached hydrogens (tertiary/aromatic N) is 4. The van der Waals surface area contributed by atoms with Gasteiger partial charge in [0.2, 0.25) is 0 Å². The van der Waals surface area contributed by atoms with E-state index in [0.29, 0.717) is 12.2 Å². The van der Waals surface area contributed by atoms with E-state index in [2.05, 4.69) is 10.1 Å². The third-order valence-electron chi connectivity index (χ3n) is 4.51. The molecule has 1 aromatic carbocycles. The molecular weight excluding hydrogens is 368 g/mol. The molecule has 2 aromatic rings. The van der Waals surface area contributed by atoms with E-state index in [1.807, 2.05) is 13.8 Å². The van der Waals surface area contributed by atoms with E-state index in [9.17, 15) is 19.7 Å². The Labute approximate surface area is 160 Å². The van der Waals surface area contributed by atoms with Crippen LogP contribution >= 0.6 is 0 Å². The first-order valence-corrected chi connectivity index (χ1v) is 8.90. The summed E-state index contributed by atoms with van der Waals surface area (Å²) in [5.74, 6) is -0.766. The molecule has 3 rings (SSSR count). The summed E-state index contributed by atoms with van der Waals surface area (Å²) < 4.78 is 12.1. The number of aromatic nitrogens is 3. The number of carbonyl (C=O) groups excluding carboxylic acids is 2. The van der Waals surface area contributed by atoms with Gasteiger partial charge < -0.3 is 9.47 Å². The van der Waals surface area contributed by atoms with Crippen LogP contribution in [0.15, 0.2) is 24.3 Å². The van der Waals surface area contributed by atoms with Crippen molar-refractivity contribution < 1.29 is 24.0 Å². The molecule has 2 heterocycles. The van der Waals surface area contributed by atoms with Gasteiger partial charge in [-0.15, -0.1) is 5.10 Å². The quantitative estimate of drug-likeness (QED) is 0.420. The second-order valence-corrected chi connectivity index (χ2v) is 6.70. The number of fused-ring (bicyclic) bond motifs is 1. The number of hydrogen-bond donors (Lipinski definition) is 0. The van der Waals surface area contributed by atoms with E-state index < -0.39 is 23.0 Å². The van der Waals surface area contributed by atoms with E-state index >= 15 is 0 Å². The van der Waals surface area contributed by atoms with Crippen molar-refractivity contribution >= 4 is 17.6 Å². The van der Waals surface area contributed by atoms with Crippen molar-refractivity contribution in [1.82, 2.24) is 14.8 Å². The molecule has 0 fully saturated rings. The largest absolute Gasteiger partial charge is 0.460 e. The first kappa shape index (κ1) is 19.5. The number of ether oxygens (including phenoxy) is 2. The fourth-order valence-electron chi connectivity index (χ4n) is 3.08. The molecular formula is C18H20N4O6. The predicted octanol–water partition coefficient (Wildman–Crippen LogP) is 2.86. The zero-order valence-electron chi connectivity index (χ0n) is 15.7. The highest BCUT2D eigenvalue weighted by atomic mass is 16.6. The van der Waals surface area contributed by atoms with Gasteiger partial charge in [0.05, 0.1) is 23.1 Å². The Bertz CT molecular complexity index is 905. The Morgan fingerprint density at radius 1 is 1.29 bits per heavy atom. The Balaban J connectivity index is 1.82. The second kappa shape index (κ2) is 7.75. The maximum absolute atomic E-state index is 12.5. The van der Waals surface area contributed by atoms with Gasteiger partial charge in [0, 0.05) is 18.6 Å². The average Bonchev–Trinajstić information content (AvgIpc) is 3.22. The van der Waals surface area contributed by atoms with E-state index in [4.69, 9.17) is 9.47 Å². The van der Waals surface area contributed by atoms with Crippen LogP contribution in [0.4, 0.5) is 5.69 Å². The van der Waals surface area contributed by atoms with Gasteiger partial charge in [0.25, 0.3) is 11.5 Å². The number of benzene rings is 1. The third kappa shape index (κ3) is 3.71. The lowest BCUT2D eigenvalue weighted by Gasteiger charge is -2.16. The minimum atomic E-state index is -0.675. The highest BCUT2D eigenvalue weighted by molar-refractivity contribution is 5.89. The standard InChI is InChI=1S/C18H20N4O6/c1-4-27-18(24)15-19-16-14(9-13(10(2)3)21(16)20-15)28-17(23)11-5-7-12(8-6-11)22(25)26/h5-8,10,13-14H,4,9H2,1-3H3. The molecule has 1 aromatic heterocycles. The summed E-state index contributed by atoms with van der Waals surface area (Å²) >= 11 is 0. The Kier molecular flexibility index (Phi) is 5.39. The first-order chi connectivity index (χ1) is 13.3. The van der Waals surface area contributed by atoms with Crippen LogP contribution < -0.4 is 0 Å². The lowest BCUT2D eigenvalue weighted by atomic mass is 10.0. The van der Waals surface area contributed by atoms with Crippen LogP contribution in [0.5, 0.6) is 0 Å². The summed E-state index contributed by atoms with van der Waals surface area (Å²) in [5.41, 5.74) is 0.0754. The van der Waals surface area contributed by atoms with Crippen molar-refractivity contribution in [3.05, 3.63) is 51.6 Å². The molecule has 0 saturated carbocycles. The number of carbonyl (C=O) groups is 2. The van der Waals surface area contributed by atoms with Crippen LogP contribution in [0, 0.1) is 16.0 Å². The minimum Gasteiger partial charge on any atom is -0.460 e. The Morgan fingerprint density at radius 3 is 2.54 bits per heavy atom. The van der Waals surface area contributed by atoms with E-state index in [1.165, 1.54) is 24.3 Å². The molecule has 0 bridgehead atoms. The van der Waals surface area contributed by atoms with Gasteiger partial charge in [-0.1, -0.05) is 13.8 Å². The van der Waals surface area contributed by atoms with Crippen molar-refractivity contribution in [3.63, 3.8) is 0 Å². The maximum Gasteiger partial charge on any atom is 0.378 e. The summed E-state index contributed by atoms with van der Waals surface area (Å²) in [6.45, 7) is 5.89. The van der Waals surface area contributed by atoms with E-state index in [1.54, 1.807) is 11.6 Å². The smallest absolute Gasteiger partial charge is 0.378 e. The lowest BCUT2D eigenvalue weighted by molar-refractivity contribution is -0.384. The number of rotatable bonds is 6. The number of esters is 2. The molecule has 0 aliphatic carbocycles. The van der Waals surface area contributed by atoms with Gasteiger partial charge in [0.1, 0.15) is 0 Å². The van der Waals surface area contributed by atoms with Crippen LogP contribution in [0.2, 0.25) is 0 Å². The molecule has 0 saturated heterocycles. The average molecular weight is 388 g/mol. The predicted molar refractivity (Wildman–Crippen MR) is 95.7 cm³/mol. The van der Waals surface area contributed by atoms with Gasteiger partial charge in [0.15, 0.2) is 11.9 Å². The van der Waals surface area contributed by atoms with Crippen LogP contribution in [-0.2, 0) is 9.47 Å². The summed E-state index contributed by atoms with van der Waals surface area (Å²) in [4.78, 5) is 38.8. The van der Waals surface area contributed by atoms with Crippen LogP contribution in [0.1, 0.15) is 66.1 Å². The van der Waals surface area contributed by atoms with E-state index in [0.717, 1.165) is 0 Å². The SMILES string of the molecule is CCOC(=O)c1nc2n(n1)C(C(C)C)CC2OC(=O)c1ccc([N+](=O)[O-])cc1. The van der Waals surface area contributed by atoms with Gasteiger partial charge in [-0.25, -0.2) is 19.3 Å². The summed E-state index contributed by atoms with van der Waals surface area (Å²) in [6.07, 6.45) is -0.194. The van der Waals surface area contributed by atoms with Crippen LogP contribution in [-0.4, -0.2) is 38.2 Å². The molecule has 10 heteroatoms. The second-order valence-electron chi connectivity index (χ2n) is 6.70. The topological polar surface area (TPSA) is 126 Å². The van der Waals surface area contributed by atoms with Gasteiger partial charge in [-0.05, 0) is 25.0 Å².